The van der Waals surface area contributed by atoms with Crippen molar-refractivity contribution < 1.29 is 51.0 Å². The number of nitrogens with one attached hydrogen (secondary N) is 1. The maximum atomic E-state index is 12.4. The number of nitrogen functional groups attached to an aromatic ring is 2. The Morgan fingerprint density at radius 3 is 1.69 bits per heavy atom. The number of aromatic carboxylic acids is 1. The van der Waals surface area contributed by atoms with E-state index in [9.17, 15) is 26.4 Å². The normalized spacial score (nSPS) is 11.4. The minimum absolute atomic E-state index is 0. The number of pyridine rings is 4. The molecule has 0 saturated carbocycles. The van der Waals surface area contributed by atoms with Gasteiger partial charge in [-0.05, 0) is 59.9 Å². The van der Waals surface area contributed by atoms with Crippen LogP contribution in [0, 0.1) is 11.3 Å². The Kier molecular flexibility index (Phi) is 15.9. The fraction of sp³-hybridized carbons (Fsp3) is 0.243. The van der Waals surface area contributed by atoms with Gasteiger partial charge in [0.25, 0.3) is 15.9 Å². The third-order valence-corrected chi connectivity index (χ3v) is 10.3. The van der Waals surface area contributed by atoms with Crippen molar-refractivity contribution in [3.8, 4) is 23.4 Å². The number of rotatable bonds is 12. The lowest BCUT2D eigenvalue weighted by Crippen LogP contribution is -2.31. The van der Waals surface area contributed by atoms with E-state index in [0.29, 0.717) is 42.5 Å². The zero-order valence-electron chi connectivity index (χ0n) is 33.7. The summed E-state index contributed by atoms with van der Waals surface area (Å²) in [5.41, 5.74) is 10.7. The Morgan fingerprint density at radius 2 is 1.27 bits per heavy atom. The van der Waals surface area contributed by atoms with E-state index in [1.165, 1.54) is 70.3 Å². The van der Waals surface area contributed by atoms with E-state index in [0.717, 1.165) is 0 Å². The number of carbonyl (C=O) groups excluding carboxylic acids is 1. The number of primary sulfonamides is 1. The number of hydrogen-bond acceptors (Lipinski definition) is 16. The molecule has 62 heavy (non-hydrogen) atoms. The van der Waals surface area contributed by atoms with Crippen LogP contribution in [0.25, 0.3) is 11.6 Å². The molecule has 0 spiro atoms. The summed E-state index contributed by atoms with van der Waals surface area (Å²) in [5.74, 6) is -0.377. The number of amides is 1. The van der Waals surface area contributed by atoms with Crippen LogP contribution in [0.5, 0.6) is 11.8 Å². The van der Waals surface area contributed by atoms with Crippen LogP contribution in [-0.2, 0) is 20.0 Å². The van der Waals surface area contributed by atoms with E-state index >= 15 is 0 Å². The molecule has 6 aromatic heterocycles. The lowest BCUT2D eigenvalue weighted by atomic mass is 9.99. The fourth-order valence-corrected chi connectivity index (χ4v) is 6.63. The first-order chi connectivity index (χ1) is 28.9. The first-order valence-electron chi connectivity index (χ1n) is 17.9. The number of halogens is 2. The number of hydrogen-bond donors (Lipinski definition) is 5. The van der Waals surface area contributed by atoms with E-state index in [1.54, 1.807) is 24.5 Å². The third-order valence-electron chi connectivity index (χ3n) is 7.38. The van der Waals surface area contributed by atoms with Crippen molar-refractivity contribution in [1.82, 2.24) is 44.2 Å². The number of nitrogens with two attached hydrogens (primary N) is 3. The number of carboxylic acids is 1. The van der Waals surface area contributed by atoms with E-state index in [4.69, 9.17) is 54.4 Å². The lowest BCUT2D eigenvalue weighted by molar-refractivity contribution is 0.0696. The summed E-state index contributed by atoms with van der Waals surface area (Å²) in [6.07, 6.45) is 6.04. The molecule has 8 N–H and O–H groups in total. The highest BCUT2D eigenvalue weighted by Gasteiger charge is 2.24. The zero-order chi connectivity index (χ0) is 46.0. The van der Waals surface area contributed by atoms with Gasteiger partial charge in [-0.25, -0.2) is 60.8 Å². The highest BCUT2D eigenvalue weighted by Crippen LogP contribution is 2.22. The molecule has 0 saturated heterocycles. The molecule has 21 nitrogen and oxygen atoms in total. The summed E-state index contributed by atoms with van der Waals surface area (Å²) < 4.78 is 62.2. The van der Waals surface area contributed by atoms with Gasteiger partial charge < -0.3 is 26.0 Å². The first kappa shape index (κ1) is 48.3. The highest BCUT2D eigenvalue weighted by atomic mass is 35.5. The Bertz CT molecular complexity index is 2790. The van der Waals surface area contributed by atoms with Gasteiger partial charge >= 0.3 is 5.97 Å². The highest BCUT2D eigenvalue weighted by molar-refractivity contribution is 7.90. The summed E-state index contributed by atoms with van der Waals surface area (Å²) in [4.78, 5) is 38.3. The Labute approximate surface area is 376 Å². The van der Waals surface area contributed by atoms with Gasteiger partial charge in [-0.15, -0.1) is 10.2 Å². The molecular formula is C37H56Cl2N12O9S2. The quantitative estimate of drug-likeness (QED) is 0.0862. The minimum atomic E-state index is -4.24. The number of carboxylic acid groups (broad SMARTS) is 1. The Hall–Kier alpha value is -6.40. The molecule has 1 amide bonds. The molecule has 0 radical (unpaired) electrons. The summed E-state index contributed by atoms with van der Waals surface area (Å²) >= 11 is 12.0. The second kappa shape index (κ2) is 20.4. The average molecular weight is 948 g/mol. The molecule has 6 aromatic rings. The molecule has 6 rings (SSSR count). The van der Waals surface area contributed by atoms with Gasteiger partial charge in [0, 0.05) is 46.9 Å². The van der Waals surface area contributed by atoms with Crippen molar-refractivity contribution in [2.75, 3.05) is 24.7 Å². The molecule has 6 heterocycles. The van der Waals surface area contributed by atoms with E-state index in [2.05, 4.69) is 50.9 Å². The largest absolute Gasteiger partial charge is 0.478 e. The van der Waals surface area contributed by atoms with Crippen molar-refractivity contribution in [1.29, 1.82) is 0 Å². The number of sulfonamides is 2. The SMILES string of the molecule is CC(C)(C)COc1ccn(-c2ccc(C(=O)O)c(Cl)n2)n1.CC(C)COc1ccn(-c2ccc(C(=O)NS(=O)(=O)c3cccnc3N)c(Cl)n2)n1.Nc1ncccc1S(N)(=O)=O.[HH].[HH].[HH].[HH].[HH].[HH].[HH]. The number of anilines is 2. The smallest absolute Gasteiger partial charge is 0.338 e. The number of carbonyl (C=O) groups is 2. The topological polar surface area (TPSA) is 318 Å². The first-order valence-corrected chi connectivity index (χ1v) is 21.7. The van der Waals surface area contributed by atoms with Crippen LogP contribution < -0.4 is 30.8 Å². The van der Waals surface area contributed by atoms with Gasteiger partial charge in [-0.2, -0.15) is 0 Å². The number of aromatic nitrogens is 8. The molecule has 0 aliphatic heterocycles. The van der Waals surface area contributed by atoms with Crippen LogP contribution in [0.15, 0.2) is 95.2 Å². The van der Waals surface area contributed by atoms with Gasteiger partial charge in [0.15, 0.2) is 11.6 Å². The number of nitrogens with zero attached hydrogens (tertiary/aromatic N) is 8. The van der Waals surface area contributed by atoms with Crippen LogP contribution in [-0.4, -0.2) is 86.5 Å². The third kappa shape index (κ3) is 13.8. The van der Waals surface area contributed by atoms with Crippen molar-refractivity contribution >= 4 is 66.8 Å². The van der Waals surface area contributed by atoms with E-state index < -0.39 is 31.9 Å². The van der Waals surface area contributed by atoms with Crippen LogP contribution in [0.2, 0.25) is 10.3 Å². The van der Waals surface area contributed by atoms with Crippen molar-refractivity contribution in [2.45, 2.75) is 44.4 Å². The molecule has 0 atom stereocenters. The maximum Gasteiger partial charge on any atom is 0.338 e. The molecule has 0 fully saturated rings. The Morgan fingerprint density at radius 1 is 0.790 bits per heavy atom. The molecule has 25 heteroatoms. The molecule has 0 unspecified atom stereocenters. The molecule has 344 valence electrons. The standard InChI is InChI=1S/C18H19ClN6O4S.C14H16ClN3O3.C5H7N3O2S.7H2/c1-11(2)10-29-15-7-9-25(23-15)14-6-5-12(16(19)22-14)18(26)24-30(27,28)13-4-3-8-21-17(13)20;1-14(2,3)8-21-11-6-7-18(17-11)10-5-4-9(13(19)20)12(15)16-10;6-5-4(11(7,9)10)2-1-3-8-5;;;;;;;/h3-9,11H,10H2,1-2H3,(H2,20,21)(H,24,26);4-7H,8H2,1-3H3,(H,19,20);1-3H,(H2,6,8)(H2,7,9,10);7*1H. The van der Waals surface area contributed by atoms with Gasteiger partial charge in [-0.3, -0.25) is 4.79 Å². The van der Waals surface area contributed by atoms with Gasteiger partial charge in [0.2, 0.25) is 21.8 Å². The van der Waals surface area contributed by atoms with E-state index in [-0.39, 0.29) is 58.3 Å². The van der Waals surface area contributed by atoms with Crippen LogP contribution >= 0.6 is 23.2 Å². The average Bonchev–Trinajstić information content (AvgIpc) is 3.87. The van der Waals surface area contributed by atoms with Crippen molar-refractivity contribution in [3.63, 3.8) is 0 Å². The van der Waals surface area contributed by atoms with Crippen molar-refractivity contribution in [2.24, 2.45) is 16.5 Å². The summed E-state index contributed by atoms with van der Waals surface area (Å²) in [6, 6.07) is 14.5. The molecule has 0 aliphatic rings. The second-order valence-corrected chi connectivity index (χ2v) is 18.2. The van der Waals surface area contributed by atoms with Crippen LogP contribution in [0.4, 0.5) is 11.6 Å². The predicted octanol–water partition coefficient (Wildman–Crippen LogP) is 6.13. The fourth-order valence-electron chi connectivity index (χ4n) is 4.50. The number of ether oxygens (including phenoxy) is 2. The van der Waals surface area contributed by atoms with Crippen LogP contribution in [0.1, 0.15) is 65.3 Å². The van der Waals surface area contributed by atoms with Crippen LogP contribution in [0.3, 0.4) is 0 Å². The summed E-state index contributed by atoms with van der Waals surface area (Å²) in [5, 5.41) is 21.9. The minimum Gasteiger partial charge on any atom is -0.478 e. The second-order valence-electron chi connectivity index (χ2n) is 14.3. The predicted molar refractivity (Wildman–Crippen MR) is 243 cm³/mol. The van der Waals surface area contributed by atoms with E-state index in [1.807, 2.05) is 18.6 Å². The molecule has 0 aromatic carbocycles. The zero-order valence-corrected chi connectivity index (χ0v) is 36.8. The Balaban J connectivity index is -0.000000477. The molecular weight excluding hydrogens is 892 g/mol. The summed E-state index contributed by atoms with van der Waals surface area (Å²) in [6.45, 7) is 11.3. The van der Waals surface area contributed by atoms with Crippen molar-refractivity contribution in [3.05, 3.63) is 107 Å². The molecule has 0 aliphatic carbocycles. The van der Waals surface area contributed by atoms with Gasteiger partial charge in [-0.1, -0.05) is 57.8 Å². The van der Waals surface area contributed by atoms with Gasteiger partial charge in [0.05, 0.1) is 24.3 Å². The van der Waals surface area contributed by atoms with Gasteiger partial charge in [0.1, 0.15) is 31.7 Å². The summed E-state index contributed by atoms with van der Waals surface area (Å²) in [7, 11) is -7.96. The monoisotopic (exact) mass is 946 g/mol. The lowest BCUT2D eigenvalue weighted by Gasteiger charge is -2.17. The maximum absolute atomic E-state index is 12.4. The molecule has 0 bridgehead atoms.